The first-order valence-corrected chi connectivity index (χ1v) is 7.01. The topological polar surface area (TPSA) is 26.0 Å². The zero-order valence-corrected chi connectivity index (χ0v) is 11.0. The van der Waals surface area contributed by atoms with Crippen molar-refractivity contribution < 1.29 is 0 Å². The van der Waals surface area contributed by atoms with E-state index in [2.05, 4.69) is 37.3 Å². The van der Waals surface area contributed by atoms with Crippen LogP contribution in [0.1, 0.15) is 51.0 Å². The lowest BCUT2D eigenvalue weighted by Crippen LogP contribution is -2.39. The third-order valence-electron chi connectivity index (χ3n) is 4.26. The first-order valence-electron chi connectivity index (χ1n) is 7.01. The molecule has 1 heteroatoms. The smallest absolute Gasteiger partial charge is 0.0157 e. The minimum atomic E-state index is 0.0978. The van der Waals surface area contributed by atoms with E-state index in [1.807, 2.05) is 0 Å². The van der Waals surface area contributed by atoms with Gasteiger partial charge in [-0.25, -0.2) is 0 Å². The van der Waals surface area contributed by atoms with Gasteiger partial charge in [0.25, 0.3) is 0 Å². The van der Waals surface area contributed by atoms with Crippen LogP contribution < -0.4 is 5.73 Å². The monoisotopic (exact) mass is 231 g/mol. The molecule has 2 N–H and O–H groups in total. The Morgan fingerprint density at radius 2 is 1.94 bits per heavy atom. The molecule has 2 unspecified atom stereocenters. The number of nitrogens with two attached hydrogens (primary N) is 1. The zero-order chi connectivity index (χ0) is 12.1. The molecule has 0 bridgehead atoms. The average molecular weight is 231 g/mol. The van der Waals surface area contributed by atoms with E-state index in [0.717, 1.165) is 18.8 Å². The highest BCUT2D eigenvalue weighted by Gasteiger charge is 2.27. The second-order valence-electron chi connectivity index (χ2n) is 5.88. The maximum absolute atomic E-state index is 6.57. The molecule has 2 atom stereocenters. The van der Waals surface area contributed by atoms with E-state index in [4.69, 9.17) is 5.73 Å². The molecule has 94 valence electrons. The predicted octanol–water partition coefficient (Wildman–Crippen LogP) is 3.92. The van der Waals surface area contributed by atoms with E-state index < -0.39 is 0 Å². The van der Waals surface area contributed by atoms with Crippen LogP contribution in [-0.4, -0.2) is 5.54 Å². The van der Waals surface area contributed by atoms with E-state index in [-0.39, 0.29) is 5.54 Å². The van der Waals surface area contributed by atoms with Gasteiger partial charge >= 0.3 is 0 Å². The summed E-state index contributed by atoms with van der Waals surface area (Å²) in [6, 6.07) is 10.7. The summed E-state index contributed by atoms with van der Waals surface area (Å²) in [6.07, 6.45) is 8.68. The second kappa shape index (κ2) is 5.68. The molecule has 0 saturated heterocycles. The van der Waals surface area contributed by atoms with E-state index >= 15 is 0 Å². The second-order valence-corrected chi connectivity index (χ2v) is 5.88. The van der Waals surface area contributed by atoms with Crippen LogP contribution in [0.15, 0.2) is 30.3 Å². The molecule has 17 heavy (non-hydrogen) atoms. The molecular weight excluding hydrogens is 206 g/mol. The third kappa shape index (κ3) is 3.85. The average Bonchev–Trinajstić information content (AvgIpc) is 2.51. The van der Waals surface area contributed by atoms with Crippen molar-refractivity contribution in [3.63, 3.8) is 0 Å². The Bertz CT molecular complexity index is 333. The van der Waals surface area contributed by atoms with Crippen LogP contribution in [0.5, 0.6) is 0 Å². The Hall–Kier alpha value is -0.820. The van der Waals surface area contributed by atoms with Crippen molar-refractivity contribution in [2.75, 3.05) is 0 Å². The summed E-state index contributed by atoms with van der Waals surface area (Å²) in [5, 5.41) is 0. The van der Waals surface area contributed by atoms with Crippen LogP contribution in [0, 0.1) is 5.92 Å². The largest absolute Gasteiger partial charge is 0.325 e. The van der Waals surface area contributed by atoms with Crippen LogP contribution in [-0.2, 0) is 6.42 Å². The van der Waals surface area contributed by atoms with Crippen molar-refractivity contribution in [1.82, 2.24) is 0 Å². The van der Waals surface area contributed by atoms with Crippen LogP contribution in [0.2, 0.25) is 0 Å². The normalized spacial score (nSPS) is 29.9. The Labute approximate surface area is 105 Å². The van der Waals surface area contributed by atoms with Crippen LogP contribution >= 0.6 is 0 Å². The minimum absolute atomic E-state index is 0.0978. The van der Waals surface area contributed by atoms with Crippen molar-refractivity contribution in [2.24, 2.45) is 11.7 Å². The first-order chi connectivity index (χ1) is 8.18. The van der Waals surface area contributed by atoms with Gasteiger partial charge in [-0.15, -0.1) is 0 Å². The molecule has 1 saturated carbocycles. The Morgan fingerprint density at radius 1 is 1.18 bits per heavy atom. The first kappa shape index (κ1) is 12.6. The van der Waals surface area contributed by atoms with Gasteiger partial charge in [-0.2, -0.15) is 0 Å². The molecule has 1 aromatic rings. The molecule has 0 spiro atoms. The number of aryl methyl sites for hydroxylation is 1. The van der Waals surface area contributed by atoms with Crippen molar-refractivity contribution in [3.05, 3.63) is 35.9 Å². The summed E-state index contributed by atoms with van der Waals surface area (Å²) in [4.78, 5) is 0. The summed E-state index contributed by atoms with van der Waals surface area (Å²) < 4.78 is 0. The fourth-order valence-electron chi connectivity index (χ4n) is 2.89. The number of rotatable bonds is 3. The van der Waals surface area contributed by atoms with Crippen molar-refractivity contribution in [1.29, 1.82) is 0 Å². The number of hydrogen-bond donors (Lipinski definition) is 1. The lowest BCUT2D eigenvalue weighted by Gasteiger charge is -2.28. The fraction of sp³-hybridized carbons (Fsp3) is 0.625. The SMILES string of the molecule is CC1CCCC(N)(CCc2ccccc2)CC1. The van der Waals surface area contributed by atoms with E-state index in [1.165, 1.54) is 37.7 Å². The minimum Gasteiger partial charge on any atom is -0.325 e. The summed E-state index contributed by atoms with van der Waals surface area (Å²) in [6.45, 7) is 2.36. The van der Waals surface area contributed by atoms with Crippen LogP contribution in [0.3, 0.4) is 0 Å². The molecule has 0 heterocycles. The highest BCUT2D eigenvalue weighted by atomic mass is 14.7. The molecule has 1 fully saturated rings. The van der Waals surface area contributed by atoms with Gasteiger partial charge in [0.1, 0.15) is 0 Å². The molecule has 1 nitrogen and oxygen atoms in total. The highest BCUT2D eigenvalue weighted by Crippen LogP contribution is 2.31. The van der Waals surface area contributed by atoms with Crippen LogP contribution in [0.4, 0.5) is 0 Å². The number of benzene rings is 1. The maximum atomic E-state index is 6.57. The van der Waals surface area contributed by atoms with Gasteiger partial charge in [-0.1, -0.05) is 50.1 Å². The Morgan fingerprint density at radius 3 is 2.71 bits per heavy atom. The van der Waals surface area contributed by atoms with Gasteiger partial charge in [-0.3, -0.25) is 0 Å². The highest BCUT2D eigenvalue weighted by molar-refractivity contribution is 5.15. The molecule has 0 aliphatic heterocycles. The summed E-state index contributed by atoms with van der Waals surface area (Å²) in [5.74, 6) is 0.872. The molecule has 0 aromatic heterocycles. The molecular formula is C16H25N. The van der Waals surface area contributed by atoms with Gasteiger partial charge < -0.3 is 5.73 Å². The van der Waals surface area contributed by atoms with Crippen molar-refractivity contribution >= 4 is 0 Å². The van der Waals surface area contributed by atoms with Gasteiger partial charge in [0.2, 0.25) is 0 Å². The number of hydrogen-bond acceptors (Lipinski definition) is 1. The van der Waals surface area contributed by atoms with E-state index in [1.54, 1.807) is 0 Å². The standard InChI is InChI=1S/C16H25N/c1-14-6-5-11-16(17,12-9-14)13-10-15-7-3-2-4-8-15/h2-4,7-8,14H,5-6,9-13,17H2,1H3. The predicted molar refractivity (Wildman–Crippen MR) is 73.9 cm³/mol. The molecule has 0 amide bonds. The van der Waals surface area contributed by atoms with Crippen molar-refractivity contribution in [2.45, 2.75) is 57.4 Å². The lowest BCUT2D eigenvalue weighted by atomic mass is 9.85. The Kier molecular flexibility index (Phi) is 4.22. The molecule has 0 radical (unpaired) electrons. The molecule has 2 rings (SSSR count). The quantitative estimate of drug-likeness (QED) is 0.784. The van der Waals surface area contributed by atoms with E-state index in [0.29, 0.717) is 0 Å². The Balaban J connectivity index is 1.89. The van der Waals surface area contributed by atoms with Crippen molar-refractivity contribution in [3.8, 4) is 0 Å². The van der Waals surface area contributed by atoms with Crippen LogP contribution in [0.25, 0.3) is 0 Å². The molecule has 1 aliphatic carbocycles. The maximum Gasteiger partial charge on any atom is 0.0157 e. The summed E-state index contributed by atoms with van der Waals surface area (Å²) >= 11 is 0. The third-order valence-corrected chi connectivity index (χ3v) is 4.26. The zero-order valence-electron chi connectivity index (χ0n) is 11.0. The fourth-order valence-corrected chi connectivity index (χ4v) is 2.89. The van der Waals surface area contributed by atoms with Gasteiger partial charge in [0.15, 0.2) is 0 Å². The van der Waals surface area contributed by atoms with Gasteiger partial charge in [0.05, 0.1) is 0 Å². The lowest BCUT2D eigenvalue weighted by molar-refractivity contribution is 0.341. The molecule has 1 aromatic carbocycles. The van der Waals surface area contributed by atoms with E-state index in [9.17, 15) is 0 Å². The summed E-state index contributed by atoms with van der Waals surface area (Å²) in [7, 11) is 0. The molecule has 1 aliphatic rings. The van der Waals surface area contributed by atoms with Gasteiger partial charge in [0, 0.05) is 5.54 Å². The summed E-state index contributed by atoms with van der Waals surface area (Å²) in [5.41, 5.74) is 8.09. The van der Waals surface area contributed by atoms with Gasteiger partial charge in [-0.05, 0) is 43.6 Å².